The fraction of sp³-hybridized carbons (Fsp3) is 0.222. The summed E-state index contributed by atoms with van der Waals surface area (Å²) in [5.41, 5.74) is 3.31. The van der Waals surface area contributed by atoms with Crippen LogP contribution < -0.4 is 5.32 Å². The first-order chi connectivity index (χ1) is 11.5. The number of carbonyl (C=O) groups is 1. The van der Waals surface area contributed by atoms with Gasteiger partial charge in [-0.2, -0.15) is 0 Å². The summed E-state index contributed by atoms with van der Waals surface area (Å²) in [6.07, 6.45) is 0. The molecule has 0 aliphatic heterocycles. The van der Waals surface area contributed by atoms with Gasteiger partial charge in [0.05, 0.1) is 22.0 Å². The summed E-state index contributed by atoms with van der Waals surface area (Å²) in [6, 6.07) is 13.0. The number of aromatic hydroxyl groups is 1. The monoisotopic (exact) mass is 341 g/mol. The molecule has 1 amide bonds. The Balaban J connectivity index is 1.58. The van der Waals surface area contributed by atoms with Gasteiger partial charge in [0, 0.05) is 11.8 Å². The van der Waals surface area contributed by atoms with E-state index in [1.807, 2.05) is 38.1 Å². The molecule has 1 heterocycles. The van der Waals surface area contributed by atoms with Crippen molar-refractivity contribution >= 4 is 34.4 Å². The number of aromatic amines is 1. The molecule has 24 heavy (non-hydrogen) atoms. The molecule has 3 rings (SSSR count). The lowest BCUT2D eigenvalue weighted by Crippen LogP contribution is -2.14. The number of hydrogen-bond acceptors (Lipinski definition) is 4. The van der Waals surface area contributed by atoms with Gasteiger partial charge in [0.1, 0.15) is 11.6 Å². The number of aryl methyl sites for hydroxylation is 1. The number of thioether (sulfide) groups is 1. The third kappa shape index (κ3) is 3.71. The summed E-state index contributed by atoms with van der Waals surface area (Å²) in [5.74, 6) is 1.25. The van der Waals surface area contributed by atoms with Crippen LogP contribution in [0.25, 0.3) is 11.0 Å². The van der Waals surface area contributed by atoms with E-state index < -0.39 is 0 Å². The standard InChI is InChI=1S/C18H19N3O2S/c1-11-7-8-13(9-16(11)22)19-17(23)10-24-12(2)18-20-14-5-3-4-6-15(14)21-18/h3-9,12,22H,10H2,1-2H3,(H,19,23)(H,20,21)/t12-/m0/s1. The Morgan fingerprint density at radius 3 is 2.88 bits per heavy atom. The number of amides is 1. The number of H-pyrrole nitrogens is 1. The van der Waals surface area contributed by atoms with Gasteiger partial charge in [0.25, 0.3) is 0 Å². The maximum absolute atomic E-state index is 12.1. The third-order valence-corrected chi connectivity index (χ3v) is 4.90. The average molecular weight is 341 g/mol. The average Bonchev–Trinajstić information content (AvgIpc) is 3.00. The van der Waals surface area contributed by atoms with Crippen molar-refractivity contribution in [3.63, 3.8) is 0 Å². The molecule has 124 valence electrons. The van der Waals surface area contributed by atoms with Gasteiger partial charge in [0.2, 0.25) is 5.91 Å². The molecule has 0 saturated heterocycles. The number of fused-ring (bicyclic) bond motifs is 1. The number of imidazole rings is 1. The SMILES string of the molecule is Cc1ccc(NC(=O)CS[C@@H](C)c2nc3ccccc3[nH]2)cc1O. The van der Waals surface area contributed by atoms with Crippen LogP contribution in [0.5, 0.6) is 5.75 Å². The van der Waals surface area contributed by atoms with Crippen molar-refractivity contribution in [1.29, 1.82) is 0 Å². The van der Waals surface area contributed by atoms with Crippen LogP contribution in [-0.2, 0) is 4.79 Å². The first kappa shape index (κ1) is 16.4. The Labute approximate surface area is 144 Å². The number of benzene rings is 2. The molecule has 1 atom stereocenters. The van der Waals surface area contributed by atoms with Crippen molar-refractivity contribution < 1.29 is 9.90 Å². The van der Waals surface area contributed by atoms with Gasteiger partial charge < -0.3 is 15.4 Å². The number of anilines is 1. The van der Waals surface area contributed by atoms with Gasteiger partial charge in [0.15, 0.2) is 0 Å². The van der Waals surface area contributed by atoms with Gasteiger partial charge in [-0.05, 0) is 37.6 Å². The molecular weight excluding hydrogens is 322 g/mol. The molecule has 0 fully saturated rings. The summed E-state index contributed by atoms with van der Waals surface area (Å²) in [6.45, 7) is 3.83. The van der Waals surface area contributed by atoms with Gasteiger partial charge in [-0.15, -0.1) is 11.8 Å². The van der Waals surface area contributed by atoms with Crippen molar-refractivity contribution in [2.24, 2.45) is 0 Å². The number of rotatable bonds is 5. The minimum atomic E-state index is -0.105. The molecule has 0 saturated carbocycles. The summed E-state index contributed by atoms with van der Waals surface area (Å²) in [5, 5.41) is 12.6. The lowest BCUT2D eigenvalue weighted by atomic mass is 10.2. The number of nitrogens with zero attached hydrogens (tertiary/aromatic N) is 1. The number of aromatic nitrogens is 2. The van der Waals surface area contributed by atoms with Gasteiger partial charge in [-0.25, -0.2) is 4.98 Å². The zero-order valence-electron chi connectivity index (χ0n) is 13.5. The second-order valence-corrected chi connectivity index (χ2v) is 6.97. The fourth-order valence-electron chi connectivity index (χ4n) is 2.33. The maximum atomic E-state index is 12.1. The zero-order chi connectivity index (χ0) is 17.1. The lowest BCUT2D eigenvalue weighted by molar-refractivity contribution is -0.113. The highest BCUT2D eigenvalue weighted by atomic mass is 32.2. The van der Waals surface area contributed by atoms with Crippen LogP contribution in [0, 0.1) is 6.92 Å². The summed E-state index contributed by atoms with van der Waals surface area (Å²) < 4.78 is 0. The molecule has 3 aromatic rings. The van der Waals surface area contributed by atoms with E-state index in [4.69, 9.17) is 0 Å². The predicted molar refractivity (Wildman–Crippen MR) is 98.4 cm³/mol. The van der Waals surface area contributed by atoms with Crippen molar-refractivity contribution in [1.82, 2.24) is 9.97 Å². The normalized spacial score (nSPS) is 12.2. The van der Waals surface area contributed by atoms with Gasteiger partial charge in [-0.1, -0.05) is 18.2 Å². The molecule has 0 unspecified atom stereocenters. The fourth-order valence-corrected chi connectivity index (χ4v) is 3.07. The van der Waals surface area contributed by atoms with Crippen molar-refractivity contribution in [3.8, 4) is 5.75 Å². The van der Waals surface area contributed by atoms with Crippen LogP contribution in [-0.4, -0.2) is 26.7 Å². The van der Waals surface area contributed by atoms with Gasteiger partial charge >= 0.3 is 0 Å². The van der Waals surface area contributed by atoms with E-state index >= 15 is 0 Å². The van der Waals surface area contributed by atoms with E-state index in [2.05, 4.69) is 15.3 Å². The Hall–Kier alpha value is -2.47. The van der Waals surface area contributed by atoms with E-state index in [0.717, 1.165) is 22.4 Å². The quantitative estimate of drug-likeness (QED) is 0.655. The first-order valence-corrected chi connectivity index (χ1v) is 8.73. The van der Waals surface area contributed by atoms with E-state index in [1.165, 1.54) is 11.8 Å². The molecule has 5 nitrogen and oxygen atoms in total. The van der Waals surface area contributed by atoms with Crippen LogP contribution in [0.4, 0.5) is 5.69 Å². The van der Waals surface area contributed by atoms with Gasteiger partial charge in [-0.3, -0.25) is 4.79 Å². The molecule has 2 aromatic carbocycles. The summed E-state index contributed by atoms with van der Waals surface area (Å²) >= 11 is 1.51. The van der Waals surface area contributed by atoms with E-state index in [9.17, 15) is 9.90 Å². The Kier molecular flexibility index (Phi) is 4.76. The van der Waals surface area contributed by atoms with Crippen LogP contribution >= 0.6 is 11.8 Å². The Morgan fingerprint density at radius 2 is 2.12 bits per heavy atom. The predicted octanol–water partition coefficient (Wildman–Crippen LogP) is 4.01. The highest BCUT2D eigenvalue weighted by Crippen LogP contribution is 2.28. The highest BCUT2D eigenvalue weighted by molar-refractivity contribution is 8.00. The smallest absolute Gasteiger partial charge is 0.234 e. The van der Waals surface area contributed by atoms with Crippen molar-refractivity contribution in [3.05, 3.63) is 53.9 Å². The second-order valence-electron chi connectivity index (χ2n) is 5.64. The number of phenolic OH excluding ortho intramolecular Hbond substituents is 1. The lowest BCUT2D eigenvalue weighted by Gasteiger charge is -2.09. The number of hydrogen-bond donors (Lipinski definition) is 3. The molecule has 6 heteroatoms. The van der Waals surface area contributed by atoms with E-state index in [0.29, 0.717) is 11.4 Å². The van der Waals surface area contributed by atoms with Crippen LogP contribution in [0.1, 0.15) is 23.6 Å². The number of phenols is 1. The Bertz CT molecular complexity index is 843. The second kappa shape index (κ2) is 6.97. The van der Waals surface area contributed by atoms with Crippen molar-refractivity contribution in [2.75, 3.05) is 11.1 Å². The number of nitrogens with one attached hydrogen (secondary N) is 2. The minimum absolute atomic E-state index is 0.0783. The summed E-state index contributed by atoms with van der Waals surface area (Å²) in [7, 11) is 0. The molecular formula is C18H19N3O2S. The molecule has 0 aliphatic carbocycles. The number of para-hydroxylation sites is 2. The largest absolute Gasteiger partial charge is 0.508 e. The molecule has 1 aromatic heterocycles. The molecule has 0 aliphatic rings. The van der Waals surface area contributed by atoms with Crippen LogP contribution in [0.3, 0.4) is 0 Å². The number of carbonyl (C=O) groups excluding carboxylic acids is 1. The molecule has 0 spiro atoms. The highest BCUT2D eigenvalue weighted by Gasteiger charge is 2.13. The van der Waals surface area contributed by atoms with E-state index in [-0.39, 0.29) is 16.9 Å². The molecule has 3 N–H and O–H groups in total. The minimum Gasteiger partial charge on any atom is -0.508 e. The zero-order valence-corrected chi connectivity index (χ0v) is 14.4. The van der Waals surface area contributed by atoms with E-state index in [1.54, 1.807) is 18.2 Å². The van der Waals surface area contributed by atoms with Crippen LogP contribution in [0.2, 0.25) is 0 Å². The maximum Gasteiger partial charge on any atom is 0.234 e. The first-order valence-electron chi connectivity index (χ1n) is 7.68. The van der Waals surface area contributed by atoms with Crippen molar-refractivity contribution in [2.45, 2.75) is 19.1 Å². The third-order valence-electron chi connectivity index (χ3n) is 3.75. The molecule has 0 radical (unpaired) electrons. The Morgan fingerprint density at radius 1 is 1.33 bits per heavy atom. The van der Waals surface area contributed by atoms with Crippen LogP contribution in [0.15, 0.2) is 42.5 Å². The summed E-state index contributed by atoms with van der Waals surface area (Å²) in [4.78, 5) is 19.9. The topological polar surface area (TPSA) is 78.0 Å². The molecule has 0 bridgehead atoms.